The molecule has 0 radical (unpaired) electrons. The van der Waals surface area contributed by atoms with Gasteiger partial charge >= 0.3 is 0 Å². The molecule has 0 aromatic carbocycles. The van der Waals surface area contributed by atoms with Crippen LogP contribution in [-0.2, 0) is 4.79 Å². The summed E-state index contributed by atoms with van der Waals surface area (Å²) in [5.41, 5.74) is 0. The molecule has 0 aromatic heterocycles. The van der Waals surface area contributed by atoms with E-state index in [9.17, 15) is 4.79 Å². The summed E-state index contributed by atoms with van der Waals surface area (Å²) in [7, 11) is 0. The molecule has 1 rings (SSSR count). The van der Waals surface area contributed by atoms with Crippen LogP contribution in [0.4, 0.5) is 0 Å². The number of allylic oxidation sites excluding steroid dienone is 1. The minimum absolute atomic E-state index is 0.0324. The van der Waals surface area contributed by atoms with Crippen LogP contribution in [0.1, 0.15) is 143 Å². The van der Waals surface area contributed by atoms with Crippen molar-refractivity contribution in [1.29, 1.82) is 0 Å². The van der Waals surface area contributed by atoms with Crippen LogP contribution in [0.5, 0.6) is 0 Å². The van der Waals surface area contributed by atoms with Gasteiger partial charge in [-0.15, -0.1) is 0 Å². The fourth-order valence-electron chi connectivity index (χ4n) is 5.30. The maximum absolute atomic E-state index is 11.5. The molecule has 3 unspecified atom stereocenters. The van der Waals surface area contributed by atoms with Crippen LogP contribution >= 0.6 is 0 Å². The Labute approximate surface area is 212 Å². The number of carbonyl (C=O) groups excluding carboxylic acids is 1. The molecular weight excluding hydrogens is 418 g/mol. The van der Waals surface area contributed by atoms with E-state index in [1.54, 1.807) is 6.92 Å². The van der Waals surface area contributed by atoms with E-state index in [1.807, 2.05) is 6.20 Å². The molecule has 0 bridgehead atoms. The number of likely N-dealkylation sites (N-methyl/N-ethyl adjacent to an activating group) is 1. The highest BCUT2D eigenvalue weighted by Gasteiger charge is 2.40. The molecular formula is C30H58N3O+. The molecule has 0 saturated carbocycles. The molecule has 0 fully saturated rings. The molecule has 0 aromatic rings. The van der Waals surface area contributed by atoms with E-state index in [-0.39, 0.29) is 18.2 Å². The summed E-state index contributed by atoms with van der Waals surface area (Å²) < 4.78 is 0.731. The van der Waals surface area contributed by atoms with E-state index < -0.39 is 0 Å². The van der Waals surface area contributed by atoms with Gasteiger partial charge in [0.05, 0.1) is 12.7 Å². The first-order valence-electron chi connectivity index (χ1n) is 14.8. The summed E-state index contributed by atoms with van der Waals surface area (Å²) >= 11 is 0. The number of hydrogen-bond donors (Lipinski definition) is 2. The average Bonchev–Trinajstić information content (AvgIpc) is 3.24. The highest BCUT2D eigenvalue weighted by molar-refractivity contribution is 5.72. The number of amides is 1. The third-order valence-corrected chi connectivity index (χ3v) is 7.61. The zero-order valence-electron chi connectivity index (χ0n) is 23.3. The summed E-state index contributed by atoms with van der Waals surface area (Å²) in [6.07, 6.45) is 34.4. The second-order valence-electron chi connectivity index (χ2n) is 10.5. The summed E-state index contributed by atoms with van der Waals surface area (Å²) in [4.78, 5) is 11.5. The summed E-state index contributed by atoms with van der Waals surface area (Å²) in [6.45, 7) is 9.12. The Kier molecular flexibility index (Phi) is 18.0. The quantitative estimate of drug-likeness (QED) is 0.0937. The number of carbonyl (C=O) groups is 1. The molecule has 1 aliphatic heterocycles. The standard InChI is InChI=1S/C30H57N3O/c1-5-7-8-9-10-11-12-13-14-15-16-17-18-19-20-21-22-23-24-25-30-31-26-27-33(30,6-2)28(3)32-29(4)34/h24-28,30-31H,5-23H2,1-4H3/p+1/b25-24+. The molecule has 0 aliphatic carbocycles. The number of hydrogen-bond acceptors (Lipinski definition) is 2. The minimum Gasteiger partial charge on any atom is -0.334 e. The zero-order chi connectivity index (χ0) is 24.9. The van der Waals surface area contributed by atoms with Crippen molar-refractivity contribution in [1.82, 2.24) is 10.6 Å². The van der Waals surface area contributed by atoms with Crippen molar-refractivity contribution in [2.24, 2.45) is 0 Å². The van der Waals surface area contributed by atoms with Gasteiger partial charge in [-0.25, -0.2) is 0 Å². The number of quaternary nitrogens is 1. The van der Waals surface area contributed by atoms with Gasteiger partial charge in [0.2, 0.25) is 5.91 Å². The predicted octanol–water partition coefficient (Wildman–Crippen LogP) is 8.30. The summed E-state index contributed by atoms with van der Waals surface area (Å²) in [6, 6.07) is 0. The van der Waals surface area contributed by atoms with Gasteiger partial charge in [0.25, 0.3) is 0 Å². The second kappa shape index (κ2) is 20.0. The number of nitrogens with zero attached hydrogens (tertiary/aromatic N) is 1. The molecule has 1 aliphatic rings. The van der Waals surface area contributed by atoms with Gasteiger partial charge in [0, 0.05) is 13.8 Å². The van der Waals surface area contributed by atoms with Crippen LogP contribution in [0.25, 0.3) is 0 Å². The maximum atomic E-state index is 11.5. The fraction of sp³-hybridized carbons (Fsp3) is 0.833. The Morgan fingerprint density at radius 1 is 0.853 bits per heavy atom. The lowest BCUT2D eigenvalue weighted by Gasteiger charge is -2.40. The van der Waals surface area contributed by atoms with Gasteiger partial charge in [-0.2, -0.15) is 0 Å². The third kappa shape index (κ3) is 13.0. The van der Waals surface area contributed by atoms with E-state index in [2.05, 4.69) is 49.8 Å². The van der Waals surface area contributed by atoms with Crippen molar-refractivity contribution in [2.75, 3.05) is 6.54 Å². The van der Waals surface area contributed by atoms with Crippen LogP contribution in [0.2, 0.25) is 0 Å². The summed E-state index contributed by atoms with van der Waals surface area (Å²) in [5.74, 6) is 0.0324. The predicted molar refractivity (Wildman–Crippen MR) is 148 cm³/mol. The van der Waals surface area contributed by atoms with Crippen molar-refractivity contribution in [2.45, 2.75) is 156 Å². The van der Waals surface area contributed by atoms with Gasteiger partial charge in [0.1, 0.15) is 6.20 Å². The van der Waals surface area contributed by atoms with Gasteiger partial charge in [-0.1, -0.05) is 116 Å². The number of unbranched alkanes of at least 4 members (excludes halogenated alkanes) is 17. The smallest absolute Gasteiger partial charge is 0.221 e. The van der Waals surface area contributed by atoms with E-state index in [0.29, 0.717) is 0 Å². The first kappa shape index (κ1) is 30.7. The molecule has 0 spiro atoms. The normalized spacial score (nSPS) is 20.6. The highest BCUT2D eigenvalue weighted by Crippen LogP contribution is 2.23. The molecule has 0 saturated heterocycles. The van der Waals surface area contributed by atoms with E-state index in [1.165, 1.54) is 109 Å². The van der Waals surface area contributed by atoms with Crippen LogP contribution in [0, 0.1) is 0 Å². The first-order chi connectivity index (χ1) is 16.6. The van der Waals surface area contributed by atoms with Crippen molar-refractivity contribution < 1.29 is 9.28 Å². The Balaban J connectivity index is 1.97. The third-order valence-electron chi connectivity index (χ3n) is 7.61. The van der Waals surface area contributed by atoms with Crippen LogP contribution in [-0.4, -0.2) is 29.3 Å². The zero-order valence-corrected chi connectivity index (χ0v) is 23.3. The van der Waals surface area contributed by atoms with E-state index in [4.69, 9.17) is 0 Å². The fourth-order valence-corrected chi connectivity index (χ4v) is 5.30. The lowest BCUT2D eigenvalue weighted by molar-refractivity contribution is -0.917. The van der Waals surface area contributed by atoms with Gasteiger partial charge in [-0.3, -0.25) is 9.28 Å². The van der Waals surface area contributed by atoms with E-state index in [0.717, 1.165) is 17.4 Å². The Morgan fingerprint density at radius 2 is 1.32 bits per heavy atom. The van der Waals surface area contributed by atoms with Crippen LogP contribution in [0.15, 0.2) is 24.6 Å². The molecule has 1 heterocycles. The largest absolute Gasteiger partial charge is 0.334 e. The SMILES string of the molecule is CCCCCCCCCCCCCCCCCCC/C=C/C1NC=C[N+]1(CC)C(C)NC(C)=O. The van der Waals surface area contributed by atoms with Gasteiger partial charge < -0.3 is 10.6 Å². The molecule has 4 nitrogen and oxygen atoms in total. The lowest BCUT2D eigenvalue weighted by atomic mass is 10.0. The van der Waals surface area contributed by atoms with Gasteiger partial charge in [0.15, 0.2) is 12.3 Å². The summed E-state index contributed by atoms with van der Waals surface area (Å²) in [5, 5.41) is 6.54. The van der Waals surface area contributed by atoms with Crippen molar-refractivity contribution >= 4 is 5.91 Å². The van der Waals surface area contributed by atoms with Crippen molar-refractivity contribution in [3.63, 3.8) is 0 Å². The first-order valence-corrected chi connectivity index (χ1v) is 14.8. The average molecular weight is 477 g/mol. The monoisotopic (exact) mass is 476 g/mol. The maximum Gasteiger partial charge on any atom is 0.221 e. The number of rotatable bonds is 22. The minimum atomic E-state index is 0.0324. The molecule has 4 heteroatoms. The molecule has 198 valence electrons. The number of nitrogens with one attached hydrogen (secondary N) is 2. The molecule has 2 N–H and O–H groups in total. The lowest BCUT2D eigenvalue weighted by Crippen LogP contribution is -2.62. The van der Waals surface area contributed by atoms with Crippen molar-refractivity contribution in [3.8, 4) is 0 Å². The topological polar surface area (TPSA) is 41.1 Å². The molecule has 1 amide bonds. The molecule has 3 atom stereocenters. The Morgan fingerprint density at radius 3 is 1.76 bits per heavy atom. The Hall–Kier alpha value is -1.29. The highest BCUT2D eigenvalue weighted by atomic mass is 16.1. The second-order valence-corrected chi connectivity index (χ2v) is 10.5. The Bertz CT molecular complexity index is 559. The van der Waals surface area contributed by atoms with Crippen LogP contribution in [0.3, 0.4) is 0 Å². The molecule has 34 heavy (non-hydrogen) atoms. The van der Waals surface area contributed by atoms with E-state index >= 15 is 0 Å². The van der Waals surface area contributed by atoms with Gasteiger partial charge in [-0.05, 0) is 25.8 Å². The van der Waals surface area contributed by atoms with Crippen molar-refractivity contribution in [3.05, 3.63) is 24.6 Å². The van der Waals surface area contributed by atoms with Crippen LogP contribution < -0.4 is 10.6 Å².